The Morgan fingerprint density at radius 1 is 1.24 bits per heavy atom. The van der Waals surface area contributed by atoms with Gasteiger partial charge in [0.05, 0.1) is 11.6 Å². The highest BCUT2D eigenvalue weighted by Crippen LogP contribution is 2.31. The van der Waals surface area contributed by atoms with Crippen molar-refractivity contribution in [2.24, 2.45) is 5.73 Å². The van der Waals surface area contributed by atoms with Crippen molar-refractivity contribution < 1.29 is 4.74 Å². The van der Waals surface area contributed by atoms with E-state index in [0.29, 0.717) is 0 Å². The molecule has 0 aromatic rings. The van der Waals surface area contributed by atoms with Gasteiger partial charge in [0.2, 0.25) is 0 Å². The molecule has 0 saturated heterocycles. The molecule has 0 saturated carbocycles. The highest BCUT2D eigenvalue weighted by atomic mass is 16.5. The minimum atomic E-state index is -0.148. The van der Waals surface area contributed by atoms with Crippen molar-refractivity contribution in [2.75, 3.05) is 6.61 Å². The number of ether oxygens (including phenoxy) is 1. The molecule has 0 fully saturated rings. The number of rotatable bonds is 6. The molecular formula is C15H29NO. The lowest BCUT2D eigenvalue weighted by molar-refractivity contribution is -0.0564. The third kappa shape index (κ3) is 3.56. The highest BCUT2D eigenvalue weighted by molar-refractivity contribution is 5.17. The molecule has 0 heterocycles. The van der Waals surface area contributed by atoms with Crippen molar-refractivity contribution in [3.63, 3.8) is 0 Å². The molecule has 0 spiro atoms. The van der Waals surface area contributed by atoms with E-state index in [4.69, 9.17) is 10.5 Å². The second-order valence-corrected chi connectivity index (χ2v) is 5.06. The van der Waals surface area contributed by atoms with Gasteiger partial charge in [0.1, 0.15) is 0 Å². The predicted octanol–water partition coefficient (Wildman–Crippen LogP) is 3.80. The minimum Gasteiger partial charge on any atom is -0.373 e. The summed E-state index contributed by atoms with van der Waals surface area (Å²) in [6.45, 7) is 7.20. The smallest absolute Gasteiger partial charge is 0.0865 e. The van der Waals surface area contributed by atoms with E-state index in [-0.39, 0.29) is 11.6 Å². The molecule has 100 valence electrons. The molecule has 0 amide bonds. The Labute approximate surface area is 107 Å². The van der Waals surface area contributed by atoms with Crippen LogP contribution in [0, 0.1) is 0 Å². The number of hydrogen-bond donors (Lipinski definition) is 1. The summed E-state index contributed by atoms with van der Waals surface area (Å²) in [5.74, 6) is 0. The van der Waals surface area contributed by atoms with Crippen LogP contribution in [0.1, 0.15) is 65.7 Å². The van der Waals surface area contributed by atoms with E-state index in [9.17, 15) is 0 Å². The van der Waals surface area contributed by atoms with Crippen LogP contribution >= 0.6 is 0 Å². The van der Waals surface area contributed by atoms with E-state index in [1.165, 1.54) is 31.3 Å². The maximum absolute atomic E-state index is 6.51. The van der Waals surface area contributed by atoms with Crippen molar-refractivity contribution >= 4 is 0 Å². The molecule has 1 rings (SSSR count). The summed E-state index contributed by atoms with van der Waals surface area (Å²) in [6, 6.07) is 0.0792. The Morgan fingerprint density at radius 3 is 2.53 bits per heavy atom. The van der Waals surface area contributed by atoms with Crippen LogP contribution in [-0.2, 0) is 4.74 Å². The van der Waals surface area contributed by atoms with Crippen LogP contribution < -0.4 is 5.73 Å². The molecule has 0 aromatic carbocycles. The topological polar surface area (TPSA) is 35.2 Å². The summed E-state index contributed by atoms with van der Waals surface area (Å²) >= 11 is 0. The predicted molar refractivity (Wildman–Crippen MR) is 74.1 cm³/mol. The maximum atomic E-state index is 6.51. The van der Waals surface area contributed by atoms with E-state index in [1.807, 2.05) is 0 Å². The Morgan fingerprint density at radius 2 is 1.94 bits per heavy atom. The van der Waals surface area contributed by atoms with Crippen LogP contribution in [0.4, 0.5) is 0 Å². The summed E-state index contributed by atoms with van der Waals surface area (Å²) in [7, 11) is 0. The van der Waals surface area contributed by atoms with Crippen LogP contribution in [0.3, 0.4) is 0 Å². The van der Waals surface area contributed by atoms with Crippen molar-refractivity contribution in [3.8, 4) is 0 Å². The minimum absolute atomic E-state index is 0.0792. The lowest BCUT2D eigenvalue weighted by Gasteiger charge is -2.38. The number of hydrogen-bond acceptors (Lipinski definition) is 2. The van der Waals surface area contributed by atoms with E-state index in [0.717, 1.165) is 25.9 Å². The first kappa shape index (κ1) is 14.7. The van der Waals surface area contributed by atoms with Gasteiger partial charge < -0.3 is 10.5 Å². The molecule has 2 heteroatoms. The number of allylic oxidation sites excluding steroid dienone is 1. The average molecular weight is 239 g/mol. The molecule has 0 bridgehead atoms. The van der Waals surface area contributed by atoms with Gasteiger partial charge in [0, 0.05) is 6.61 Å². The number of nitrogens with two attached hydrogens (primary N) is 1. The van der Waals surface area contributed by atoms with Crippen molar-refractivity contribution in [2.45, 2.75) is 77.4 Å². The first-order valence-electron chi connectivity index (χ1n) is 7.28. The molecular weight excluding hydrogens is 210 g/mol. The first-order valence-corrected chi connectivity index (χ1v) is 7.28. The third-order valence-electron chi connectivity index (χ3n) is 4.17. The van der Waals surface area contributed by atoms with Crippen LogP contribution in [0.5, 0.6) is 0 Å². The molecule has 0 aliphatic heterocycles. The molecule has 0 radical (unpaired) electrons. The summed E-state index contributed by atoms with van der Waals surface area (Å²) in [5, 5.41) is 0. The molecule has 1 aliphatic rings. The van der Waals surface area contributed by atoms with Gasteiger partial charge in [0.15, 0.2) is 0 Å². The fourth-order valence-electron chi connectivity index (χ4n) is 2.93. The van der Waals surface area contributed by atoms with Crippen LogP contribution in [-0.4, -0.2) is 18.2 Å². The molecule has 2 nitrogen and oxygen atoms in total. The van der Waals surface area contributed by atoms with Crippen LogP contribution in [0.25, 0.3) is 0 Å². The van der Waals surface area contributed by atoms with Gasteiger partial charge in [-0.05, 0) is 45.4 Å². The second kappa shape index (κ2) is 7.17. The first-order chi connectivity index (χ1) is 8.20. The Bertz CT molecular complexity index is 243. The van der Waals surface area contributed by atoms with Gasteiger partial charge in [-0.1, -0.05) is 31.9 Å². The fourth-order valence-corrected chi connectivity index (χ4v) is 2.93. The normalized spacial score (nSPS) is 19.6. The zero-order valence-corrected chi connectivity index (χ0v) is 11.8. The largest absolute Gasteiger partial charge is 0.373 e. The van der Waals surface area contributed by atoms with Crippen molar-refractivity contribution in [1.29, 1.82) is 0 Å². The third-order valence-corrected chi connectivity index (χ3v) is 4.17. The van der Waals surface area contributed by atoms with Gasteiger partial charge in [-0.25, -0.2) is 0 Å². The second-order valence-electron chi connectivity index (χ2n) is 5.06. The molecule has 17 heavy (non-hydrogen) atoms. The Kier molecular flexibility index (Phi) is 6.21. The monoisotopic (exact) mass is 239 g/mol. The van der Waals surface area contributed by atoms with E-state index < -0.39 is 0 Å². The van der Waals surface area contributed by atoms with Gasteiger partial charge in [-0.2, -0.15) is 0 Å². The molecule has 1 aliphatic carbocycles. The van der Waals surface area contributed by atoms with E-state index in [1.54, 1.807) is 0 Å². The molecule has 1 atom stereocenters. The fraction of sp³-hybridized carbons (Fsp3) is 0.867. The van der Waals surface area contributed by atoms with Gasteiger partial charge in [0.25, 0.3) is 0 Å². The van der Waals surface area contributed by atoms with Crippen LogP contribution in [0.2, 0.25) is 0 Å². The highest BCUT2D eigenvalue weighted by Gasteiger charge is 2.35. The van der Waals surface area contributed by atoms with E-state index >= 15 is 0 Å². The molecule has 1 unspecified atom stereocenters. The maximum Gasteiger partial charge on any atom is 0.0865 e. The summed E-state index contributed by atoms with van der Waals surface area (Å²) in [6.07, 6.45) is 10.7. The van der Waals surface area contributed by atoms with Crippen molar-refractivity contribution in [1.82, 2.24) is 0 Å². The van der Waals surface area contributed by atoms with Gasteiger partial charge >= 0.3 is 0 Å². The summed E-state index contributed by atoms with van der Waals surface area (Å²) in [5.41, 5.74) is 7.79. The quantitative estimate of drug-likeness (QED) is 0.716. The SMILES string of the molecule is CCOC(CC)(CC)C(N)C1=CCCCCC1. The van der Waals surface area contributed by atoms with E-state index in [2.05, 4.69) is 26.8 Å². The zero-order chi connectivity index (χ0) is 12.7. The van der Waals surface area contributed by atoms with Gasteiger partial charge in [-0.15, -0.1) is 0 Å². The zero-order valence-electron chi connectivity index (χ0n) is 11.8. The molecule has 0 aromatic heterocycles. The lowest BCUT2D eigenvalue weighted by Crippen LogP contribution is -2.50. The lowest BCUT2D eigenvalue weighted by atomic mass is 9.82. The van der Waals surface area contributed by atoms with Crippen molar-refractivity contribution in [3.05, 3.63) is 11.6 Å². The average Bonchev–Trinajstić information content (AvgIpc) is 2.64. The molecule has 2 N–H and O–H groups in total. The summed E-state index contributed by atoms with van der Waals surface area (Å²) < 4.78 is 6.02. The summed E-state index contributed by atoms with van der Waals surface area (Å²) in [4.78, 5) is 0. The standard InChI is InChI=1S/C15H29NO/c1-4-15(5-2,17-6-3)14(16)13-11-9-7-8-10-12-13/h11,14H,4-10,12,16H2,1-3H3. The van der Waals surface area contributed by atoms with Crippen LogP contribution in [0.15, 0.2) is 11.6 Å². The Balaban J connectivity index is 2.81. The Hall–Kier alpha value is -0.340. The van der Waals surface area contributed by atoms with Gasteiger partial charge in [-0.3, -0.25) is 0 Å².